The van der Waals surface area contributed by atoms with Crippen molar-refractivity contribution in [3.05, 3.63) is 104 Å². The summed E-state index contributed by atoms with van der Waals surface area (Å²) in [5, 5.41) is 2.91. The van der Waals surface area contributed by atoms with Crippen molar-refractivity contribution in [2.45, 2.75) is 26.4 Å². The zero-order valence-corrected chi connectivity index (χ0v) is 19.7. The van der Waals surface area contributed by atoms with Gasteiger partial charge in [-0.15, -0.1) is 11.3 Å². The maximum atomic E-state index is 12.9. The predicted octanol–water partition coefficient (Wildman–Crippen LogP) is 3.32. The van der Waals surface area contributed by atoms with Crippen LogP contribution in [-0.4, -0.2) is 33.5 Å². The highest BCUT2D eigenvalue weighted by atomic mass is 32.1. The zero-order chi connectivity index (χ0) is 23.9. The minimum Gasteiger partial charge on any atom is -0.317 e. The summed E-state index contributed by atoms with van der Waals surface area (Å²) >= 11 is 1.59. The predicted molar refractivity (Wildman–Crippen MR) is 135 cm³/mol. The molecule has 1 N–H and O–H groups in total. The van der Waals surface area contributed by atoms with Gasteiger partial charge in [0.05, 0.1) is 5.69 Å². The normalized spacial score (nSPS) is 11.6. The van der Waals surface area contributed by atoms with E-state index in [0.717, 1.165) is 27.5 Å². The molecule has 0 atom stereocenters. The molecule has 35 heavy (non-hydrogen) atoms. The monoisotopic (exact) mass is 483 g/mol. The van der Waals surface area contributed by atoms with E-state index in [1.165, 1.54) is 4.57 Å². The van der Waals surface area contributed by atoms with Crippen LogP contribution in [0.1, 0.15) is 24.0 Å². The fraction of sp³-hybridized carbons (Fsp3) is 0.160. The third kappa shape index (κ3) is 3.77. The SMILES string of the molecule is CCn1c(=O)[nH]c(=O)c2c1nc(Cc1cn3ccccc3n1)n2Cc1ccc(-c2nccs2)cc1. The number of imidazole rings is 2. The van der Waals surface area contributed by atoms with Crippen molar-refractivity contribution >= 4 is 28.1 Å². The Morgan fingerprint density at radius 2 is 1.89 bits per heavy atom. The maximum absolute atomic E-state index is 12.9. The number of rotatable bonds is 6. The van der Waals surface area contributed by atoms with Gasteiger partial charge in [0.15, 0.2) is 11.2 Å². The van der Waals surface area contributed by atoms with Gasteiger partial charge in [-0.25, -0.2) is 19.7 Å². The van der Waals surface area contributed by atoms with Crippen molar-refractivity contribution < 1.29 is 0 Å². The van der Waals surface area contributed by atoms with Crippen LogP contribution in [0.5, 0.6) is 0 Å². The standard InChI is InChI=1S/C25H21N7O2S/c1-2-31-22-21(23(33)29-25(31)34)32(14-16-6-8-17(9-7-16)24-26-10-12-35-24)20(28-22)13-18-15-30-11-4-3-5-19(30)27-18/h3-12,15H,2,13-14H2,1H3,(H,29,33,34). The Labute approximate surface area is 203 Å². The number of aromatic nitrogens is 7. The first-order valence-electron chi connectivity index (χ1n) is 11.2. The van der Waals surface area contributed by atoms with E-state index in [9.17, 15) is 9.59 Å². The molecule has 0 fully saturated rings. The summed E-state index contributed by atoms with van der Waals surface area (Å²) in [6, 6.07) is 13.9. The average Bonchev–Trinajstić information content (AvgIpc) is 3.59. The molecule has 1 aromatic carbocycles. The molecular formula is C25H21N7O2S. The van der Waals surface area contributed by atoms with Gasteiger partial charge in [0.25, 0.3) is 5.56 Å². The lowest BCUT2D eigenvalue weighted by Gasteiger charge is -2.09. The first-order chi connectivity index (χ1) is 17.1. The molecule has 0 aliphatic rings. The van der Waals surface area contributed by atoms with E-state index in [1.807, 2.05) is 76.1 Å². The molecule has 174 valence electrons. The van der Waals surface area contributed by atoms with Gasteiger partial charge in [-0.05, 0) is 24.6 Å². The number of H-pyrrole nitrogens is 1. The van der Waals surface area contributed by atoms with Crippen LogP contribution in [0.15, 0.2) is 76.0 Å². The maximum Gasteiger partial charge on any atom is 0.330 e. The summed E-state index contributed by atoms with van der Waals surface area (Å²) < 4.78 is 5.34. The minimum atomic E-state index is -0.457. The number of pyridine rings is 1. The van der Waals surface area contributed by atoms with Gasteiger partial charge in [0, 0.05) is 49.0 Å². The van der Waals surface area contributed by atoms with E-state index in [1.54, 1.807) is 17.5 Å². The highest BCUT2D eigenvalue weighted by Crippen LogP contribution is 2.23. The molecule has 0 amide bonds. The summed E-state index contributed by atoms with van der Waals surface area (Å²) in [4.78, 5) is 41.7. The van der Waals surface area contributed by atoms with Crippen molar-refractivity contribution in [2.24, 2.45) is 0 Å². The van der Waals surface area contributed by atoms with Crippen molar-refractivity contribution in [2.75, 3.05) is 0 Å². The number of benzene rings is 1. The number of fused-ring (bicyclic) bond motifs is 2. The average molecular weight is 484 g/mol. The lowest BCUT2D eigenvalue weighted by Crippen LogP contribution is -2.30. The molecule has 9 nitrogen and oxygen atoms in total. The van der Waals surface area contributed by atoms with Gasteiger partial charge in [-0.3, -0.25) is 14.3 Å². The molecule has 0 saturated carbocycles. The van der Waals surface area contributed by atoms with Gasteiger partial charge in [0.1, 0.15) is 16.5 Å². The Hall–Kier alpha value is -4.31. The van der Waals surface area contributed by atoms with E-state index >= 15 is 0 Å². The van der Waals surface area contributed by atoms with Crippen LogP contribution in [0.3, 0.4) is 0 Å². The van der Waals surface area contributed by atoms with Crippen LogP contribution in [0.2, 0.25) is 0 Å². The van der Waals surface area contributed by atoms with Crippen LogP contribution < -0.4 is 11.2 Å². The quantitative estimate of drug-likeness (QED) is 0.392. The summed E-state index contributed by atoms with van der Waals surface area (Å²) in [7, 11) is 0. The smallest absolute Gasteiger partial charge is 0.317 e. The van der Waals surface area contributed by atoms with E-state index in [2.05, 4.69) is 9.97 Å². The number of aromatic amines is 1. The molecule has 0 saturated heterocycles. The van der Waals surface area contributed by atoms with Gasteiger partial charge < -0.3 is 8.97 Å². The van der Waals surface area contributed by atoms with E-state index in [0.29, 0.717) is 36.5 Å². The van der Waals surface area contributed by atoms with E-state index < -0.39 is 11.2 Å². The molecule has 6 aromatic rings. The number of aryl methyl sites for hydroxylation is 1. The molecule has 6 rings (SSSR count). The number of hydrogen-bond donors (Lipinski definition) is 1. The summed E-state index contributed by atoms with van der Waals surface area (Å²) in [5.74, 6) is 0.672. The molecule has 10 heteroatoms. The molecule has 0 spiro atoms. The Morgan fingerprint density at radius 1 is 1.03 bits per heavy atom. The Balaban J connectivity index is 1.46. The van der Waals surface area contributed by atoms with Crippen molar-refractivity contribution in [1.29, 1.82) is 0 Å². The lowest BCUT2D eigenvalue weighted by molar-refractivity contribution is 0.717. The molecule has 0 radical (unpaired) electrons. The minimum absolute atomic E-state index is 0.384. The van der Waals surface area contributed by atoms with Crippen molar-refractivity contribution in [1.82, 2.24) is 33.5 Å². The Morgan fingerprint density at radius 3 is 2.63 bits per heavy atom. The summed E-state index contributed by atoms with van der Waals surface area (Å²) in [5.41, 5.74) is 3.59. The Bertz CT molecular complexity index is 1740. The largest absolute Gasteiger partial charge is 0.330 e. The fourth-order valence-corrected chi connectivity index (χ4v) is 5.00. The third-order valence-electron chi connectivity index (χ3n) is 6.01. The van der Waals surface area contributed by atoms with Crippen LogP contribution >= 0.6 is 11.3 Å². The fourth-order valence-electron chi connectivity index (χ4n) is 4.35. The number of nitrogens with one attached hydrogen (secondary N) is 1. The van der Waals surface area contributed by atoms with Crippen molar-refractivity contribution in [3.63, 3.8) is 0 Å². The lowest BCUT2D eigenvalue weighted by atomic mass is 10.1. The molecule has 5 heterocycles. The van der Waals surface area contributed by atoms with Gasteiger partial charge >= 0.3 is 5.69 Å². The molecule has 0 unspecified atom stereocenters. The summed E-state index contributed by atoms with van der Waals surface area (Å²) in [6.45, 7) is 2.69. The second kappa shape index (κ2) is 8.48. The van der Waals surface area contributed by atoms with Gasteiger partial charge in [0.2, 0.25) is 0 Å². The van der Waals surface area contributed by atoms with E-state index in [-0.39, 0.29) is 0 Å². The number of thiazole rings is 1. The van der Waals surface area contributed by atoms with Crippen LogP contribution in [0.25, 0.3) is 27.4 Å². The van der Waals surface area contributed by atoms with Crippen LogP contribution in [-0.2, 0) is 19.5 Å². The number of nitrogens with zero attached hydrogens (tertiary/aromatic N) is 6. The Kier molecular flexibility index (Phi) is 5.14. The highest BCUT2D eigenvalue weighted by Gasteiger charge is 2.19. The molecule has 0 aliphatic heterocycles. The highest BCUT2D eigenvalue weighted by molar-refractivity contribution is 7.13. The second-order valence-electron chi connectivity index (χ2n) is 8.20. The third-order valence-corrected chi connectivity index (χ3v) is 6.83. The molecular weight excluding hydrogens is 462 g/mol. The first kappa shape index (κ1) is 21.2. The van der Waals surface area contributed by atoms with Gasteiger partial charge in [-0.1, -0.05) is 30.3 Å². The molecule has 0 bridgehead atoms. The van der Waals surface area contributed by atoms with Crippen LogP contribution in [0, 0.1) is 0 Å². The van der Waals surface area contributed by atoms with Gasteiger partial charge in [-0.2, -0.15) is 0 Å². The molecule has 0 aliphatic carbocycles. The zero-order valence-electron chi connectivity index (χ0n) is 18.9. The second-order valence-corrected chi connectivity index (χ2v) is 9.09. The van der Waals surface area contributed by atoms with Crippen molar-refractivity contribution in [3.8, 4) is 10.6 Å². The topological polar surface area (TPSA) is 103 Å². The number of hydrogen-bond acceptors (Lipinski definition) is 6. The van der Waals surface area contributed by atoms with Crippen LogP contribution in [0.4, 0.5) is 0 Å². The van der Waals surface area contributed by atoms with E-state index in [4.69, 9.17) is 9.97 Å². The summed E-state index contributed by atoms with van der Waals surface area (Å²) in [6.07, 6.45) is 6.11. The molecule has 5 aromatic heterocycles. The first-order valence-corrected chi connectivity index (χ1v) is 12.1.